The minimum atomic E-state index is -6.11. The van der Waals surface area contributed by atoms with Gasteiger partial charge in [0.15, 0.2) is 0 Å². The molecule has 5 aromatic carbocycles. The van der Waals surface area contributed by atoms with Gasteiger partial charge in [0.05, 0.1) is 23.3 Å². The van der Waals surface area contributed by atoms with E-state index >= 15 is 0 Å². The lowest BCUT2D eigenvalue weighted by molar-refractivity contribution is -0.0436. The molecule has 0 spiro atoms. The number of aliphatic hydroxyl groups excluding tert-OH is 2. The van der Waals surface area contributed by atoms with Crippen molar-refractivity contribution in [3.8, 4) is 11.1 Å². The number of alkyl halides is 3. The van der Waals surface area contributed by atoms with E-state index in [1.165, 1.54) is 23.9 Å². The first-order valence-electron chi connectivity index (χ1n) is 21.6. The Labute approximate surface area is 393 Å². The number of piperidine rings is 1. The van der Waals surface area contributed by atoms with Crippen LogP contribution in [0.3, 0.4) is 0 Å². The molecule has 0 radical (unpaired) electrons. The highest BCUT2D eigenvalue weighted by atomic mass is 35.5. The Bertz CT molecular complexity index is 2690. The zero-order chi connectivity index (χ0) is 47.3. The van der Waals surface area contributed by atoms with Crippen LogP contribution in [0.4, 0.5) is 24.5 Å². The number of nitrogens with zero attached hydrogens (tertiary/aromatic N) is 2. The number of nitrogens with one attached hydrogen (secondary N) is 2. The Hall–Kier alpha value is -4.62. The fourth-order valence-electron chi connectivity index (χ4n) is 9.00. The molecule has 2 saturated heterocycles. The third kappa shape index (κ3) is 11.4. The number of sulfonamides is 1. The van der Waals surface area contributed by atoms with Crippen LogP contribution in [-0.4, -0.2) is 93.5 Å². The molecule has 2 aliphatic heterocycles. The second kappa shape index (κ2) is 20.7. The molecule has 1 amide bonds. The number of halogens is 4. The van der Waals surface area contributed by atoms with Crippen LogP contribution < -0.4 is 14.9 Å². The molecule has 2 fully saturated rings. The number of carbonyl (C=O) groups is 1. The predicted molar refractivity (Wildman–Crippen MR) is 253 cm³/mol. The molecule has 3 atom stereocenters. The van der Waals surface area contributed by atoms with E-state index in [0.717, 1.165) is 52.2 Å². The van der Waals surface area contributed by atoms with Crippen molar-refractivity contribution >= 4 is 60.5 Å². The summed E-state index contributed by atoms with van der Waals surface area (Å²) in [5.41, 5.74) is -3.28. The summed E-state index contributed by atoms with van der Waals surface area (Å²) in [7, 11) is -11.0. The van der Waals surface area contributed by atoms with E-state index in [9.17, 15) is 45.0 Å². The summed E-state index contributed by atoms with van der Waals surface area (Å²) in [6, 6.07) is 32.4. The molecule has 2 unspecified atom stereocenters. The highest BCUT2D eigenvalue weighted by Crippen LogP contribution is 2.40. The minimum absolute atomic E-state index is 0.0229. The number of likely N-dealkylation sites (tertiary alicyclic amines) is 1. The Morgan fingerprint density at radius 3 is 2.23 bits per heavy atom. The first kappa shape index (κ1) is 49.3. The number of hydrogen-bond donors (Lipinski definition) is 4. The molecule has 0 aliphatic carbocycles. The molecular formula is C48H52ClF3N4O7S3. The van der Waals surface area contributed by atoms with E-state index in [4.69, 9.17) is 11.6 Å². The lowest BCUT2D eigenvalue weighted by Crippen LogP contribution is -2.46. The van der Waals surface area contributed by atoms with Crippen molar-refractivity contribution in [3.05, 3.63) is 137 Å². The van der Waals surface area contributed by atoms with Crippen molar-refractivity contribution < 1.29 is 45.0 Å². The highest BCUT2D eigenvalue weighted by Gasteiger charge is 2.49. The number of hydrogen-bond acceptors (Lipinski definition) is 11. The number of β-amino-alcohol motifs (C(OH)–C–C–N with tert-alkyl or cyclic N) is 1. The third-order valence-electron chi connectivity index (χ3n) is 12.5. The lowest BCUT2D eigenvalue weighted by Gasteiger charge is -2.38. The van der Waals surface area contributed by atoms with Crippen LogP contribution in [0.15, 0.2) is 136 Å². The van der Waals surface area contributed by atoms with Crippen molar-refractivity contribution in [2.24, 2.45) is 5.92 Å². The van der Waals surface area contributed by atoms with Crippen LogP contribution in [0.2, 0.25) is 5.02 Å². The minimum Gasteiger partial charge on any atom is -0.395 e. The van der Waals surface area contributed by atoms with Gasteiger partial charge in [-0.15, -0.1) is 11.8 Å². The lowest BCUT2D eigenvalue weighted by atomic mass is 9.84. The summed E-state index contributed by atoms with van der Waals surface area (Å²) in [4.78, 5) is 16.3. The topological polar surface area (TPSA) is 156 Å². The molecule has 18 heteroatoms. The van der Waals surface area contributed by atoms with Crippen molar-refractivity contribution in [1.29, 1.82) is 0 Å². The highest BCUT2D eigenvalue weighted by molar-refractivity contribution is 7.99. The molecule has 11 nitrogen and oxygen atoms in total. The van der Waals surface area contributed by atoms with Gasteiger partial charge in [0.2, 0.25) is 0 Å². The molecule has 0 saturated carbocycles. The number of amides is 1. The summed E-state index contributed by atoms with van der Waals surface area (Å²) in [5, 5.41) is 24.9. The van der Waals surface area contributed by atoms with E-state index in [1.807, 2.05) is 90.5 Å². The Morgan fingerprint density at radius 2 is 1.56 bits per heavy atom. The second-order valence-corrected chi connectivity index (χ2v) is 22.1. The zero-order valence-electron chi connectivity index (χ0n) is 36.1. The molecular weight excluding hydrogens is 933 g/mol. The van der Waals surface area contributed by atoms with E-state index in [1.54, 1.807) is 12.1 Å². The second-order valence-electron chi connectivity index (χ2n) is 16.9. The Kier molecular flexibility index (Phi) is 15.5. The molecule has 5 aromatic rings. The number of rotatable bonds is 17. The van der Waals surface area contributed by atoms with Gasteiger partial charge in [-0.05, 0) is 135 Å². The number of thioether (sulfide) groups is 1. The predicted octanol–water partition coefficient (Wildman–Crippen LogP) is 9.18. The number of sulfone groups is 1. The standard InChI is InChI=1S/C48H52ClF3N4O7S3/c1-47(24-7-25-56(47)28-29-57)31-37(32-64-39-8-3-2-4-9-39)53-43-21-20-40(30-44(43)65(60,61)48(50,51)52)66(62,63)54-46(59)35-14-18-38(19-15-35)55-26-22-34(23-27-55)45(58)42-11-6-5-10-41(42)33-12-16-36(49)17-13-33/h2-6,8-21,30,34,37,45,53,57-58H,7,22-29,31-32H2,1H3,(H,54,59)/t37?,45-,47?/m1/s1. The third-order valence-corrected chi connectivity index (χ3v) is 16.8. The largest absolute Gasteiger partial charge is 0.501 e. The Balaban J connectivity index is 1.05. The quantitative estimate of drug-likeness (QED) is 0.0659. The molecule has 66 heavy (non-hydrogen) atoms. The van der Waals surface area contributed by atoms with Gasteiger partial charge in [-0.25, -0.2) is 21.6 Å². The molecule has 352 valence electrons. The normalized spacial score (nSPS) is 18.5. The van der Waals surface area contributed by atoms with Crippen molar-refractivity contribution in [2.75, 3.05) is 48.8 Å². The maximum atomic E-state index is 14.3. The zero-order valence-corrected chi connectivity index (χ0v) is 39.3. The van der Waals surface area contributed by atoms with E-state index < -0.39 is 64.4 Å². The van der Waals surface area contributed by atoms with Gasteiger partial charge in [0, 0.05) is 58.1 Å². The van der Waals surface area contributed by atoms with Crippen LogP contribution in [0.1, 0.15) is 61.1 Å². The maximum Gasteiger partial charge on any atom is 0.501 e. The Morgan fingerprint density at radius 1 is 0.894 bits per heavy atom. The van der Waals surface area contributed by atoms with Gasteiger partial charge >= 0.3 is 5.51 Å². The summed E-state index contributed by atoms with van der Waals surface area (Å²) >= 11 is 7.53. The average Bonchev–Trinajstić information content (AvgIpc) is 3.66. The van der Waals surface area contributed by atoms with E-state index in [-0.39, 0.29) is 18.1 Å². The molecule has 7 rings (SSSR count). The van der Waals surface area contributed by atoms with E-state index in [0.29, 0.717) is 62.3 Å². The molecule has 2 aliphatic rings. The van der Waals surface area contributed by atoms with Crippen LogP contribution in [-0.2, 0) is 19.9 Å². The number of carbonyl (C=O) groups excluding carboxylic acids is 1. The first-order chi connectivity index (χ1) is 31.4. The molecule has 0 aromatic heterocycles. The van der Waals surface area contributed by atoms with Crippen LogP contribution in [0.25, 0.3) is 11.1 Å². The van der Waals surface area contributed by atoms with E-state index in [2.05, 4.69) is 15.1 Å². The van der Waals surface area contributed by atoms with Gasteiger partial charge in [0.25, 0.3) is 25.8 Å². The van der Waals surface area contributed by atoms with Crippen LogP contribution in [0, 0.1) is 5.92 Å². The van der Waals surface area contributed by atoms with Crippen LogP contribution in [0.5, 0.6) is 0 Å². The summed E-state index contributed by atoms with van der Waals surface area (Å²) in [6.07, 6.45) is 2.58. The van der Waals surface area contributed by atoms with Gasteiger partial charge in [0.1, 0.15) is 4.90 Å². The SMILES string of the molecule is CC1(CC(CSc2ccccc2)Nc2ccc(S(=O)(=O)NC(=O)c3ccc(N4CCC([C@@H](O)c5ccccc5-c5ccc(Cl)cc5)CC4)cc3)cc2S(=O)(=O)C(F)(F)F)CCCN1CCO. The number of anilines is 2. The van der Waals surface area contributed by atoms with Gasteiger partial charge in [-0.1, -0.05) is 66.2 Å². The summed E-state index contributed by atoms with van der Waals surface area (Å²) < 4.78 is 98.3. The fourth-order valence-corrected chi connectivity index (χ4v) is 12.1. The smallest absolute Gasteiger partial charge is 0.395 e. The molecule has 0 bridgehead atoms. The van der Waals surface area contributed by atoms with Crippen molar-refractivity contribution in [2.45, 2.75) is 76.9 Å². The van der Waals surface area contributed by atoms with Crippen LogP contribution >= 0.6 is 23.4 Å². The molecule has 4 N–H and O–H groups in total. The number of benzene rings is 5. The average molecular weight is 986 g/mol. The fraction of sp³-hybridized carbons (Fsp3) is 0.354. The molecule has 2 heterocycles. The van der Waals surface area contributed by atoms with Gasteiger partial charge in [-0.3, -0.25) is 9.69 Å². The van der Waals surface area contributed by atoms with Crippen molar-refractivity contribution in [3.63, 3.8) is 0 Å². The van der Waals surface area contributed by atoms with Gasteiger partial charge in [-0.2, -0.15) is 13.2 Å². The van der Waals surface area contributed by atoms with Crippen molar-refractivity contribution in [1.82, 2.24) is 9.62 Å². The monoisotopic (exact) mass is 984 g/mol. The summed E-state index contributed by atoms with van der Waals surface area (Å²) in [5.74, 6) is -0.777. The van der Waals surface area contributed by atoms with Gasteiger partial charge < -0.3 is 20.4 Å². The summed E-state index contributed by atoms with van der Waals surface area (Å²) in [6.45, 7) is 4.21. The number of aliphatic hydroxyl groups is 2. The maximum absolute atomic E-state index is 14.3. The first-order valence-corrected chi connectivity index (χ1v) is 25.9.